The molecule has 0 atom stereocenters. The van der Waals surface area contributed by atoms with Gasteiger partial charge in [-0.3, -0.25) is 0 Å². The maximum Gasteiger partial charge on any atom is 0.334 e. The first-order chi connectivity index (χ1) is 5.65. The van der Waals surface area contributed by atoms with Crippen molar-refractivity contribution in [2.75, 3.05) is 34.3 Å². The van der Waals surface area contributed by atoms with Gasteiger partial charge in [0.25, 0.3) is 0 Å². The highest BCUT2D eigenvalue weighted by molar-refractivity contribution is 5.82. The molecule has 0 aromatic rings. The molecule has 4 nitrogen and oxygen atoms in total. The molecule has 0 unspecified atom stereocenters. The highest BCUT2D eigenvalue weighted by atomic mass is 16.5. The first kappa shape index (κ1) is 8.90. The van der Waals surface area contributed by atoms with Gasteiger partial charge in [-0.1, -0.05) is 0 Å². The SMILES string of the molecule is COC(=O)/C=C(\N(C)C)N1CC1. The third-order valence-electron chi connectivity index (χ3n) is 1.68. The van der Waals surface area contributed by atoms with Crippen molar-refractivity contribution in [2.45, 2.75) is 0 Å². The van der Waals surface area contributed by atoms with Crippen LogP contribution in [0.3, 0.4) is 0 Å². The second-order valence-electron chi connectivity index (χ2n) is 2.91. The van der Waals surface area contributed by atoms with Crippen LogP contribution in [0.2, 0.25) is 0 Å². The van der Waals surface area contributed by atoms with E-state index in [9.17, 15) is 4.79 Å². The minimum Gasteiger partial charge on any atom is -0.466 e. The highest BCUT2D eigenvalue weighted by Crippen LogP contribution is 2.15. The molecule has 0 bridgehead atoms. The minimum atomic E-state index is -0.300. The van der Waals surface area contributed by atoms with Gasteiger partial charge in [0.15, 0.2) is 0 Å². The lowest BCUT2D eigenvalue weighted by molar-refractivity contribution is -0.135. The number of carbonyl (C=O) groups is 1. The van der Waals surface area contributed by atoms with E-state index < -0.39 is 0 Å². The highest BCUT2D eigenvalue weighted by Gasteiger charge is 2.22. The zero-order valence-electron chi connectivity index (χ0n) is 7.70. The Morgan fingerprint density at radius 1 is 1.50 bits per heavy atom. The Kier molecular flexibility index (Phi) is 2.58. The van der Waals surface area contributed by atoms with Gasteiger partial charge in [0.05, 0.1) is 13.2 Å². The Morgan fingerprint density at radius 2 is 2.08 bits per heavy atom. The van der Waals surface area contributed by atoms with Crippen molar-refractivity contribution >= 4 is 5.97 Å². The Hall–Kier alpha value is -1.19. The quantitative estimate of drug-likeness (QED) is 0.336. The summed E-state index contributed by atoms with van der Waals surface area (Å²) in [5.41, 5.74) is 0. The fourth-order valence-corrected chi connectivity index (χ4v) is 0.947. The van der Waals surface area contributed by atoms with Crippen molar-refractivity contribution in [3.8, 4) is 0 Å². The third-order valence-corrected chi connectivity index (χ3v) is 1.68. The first-order valence-electron chi connectivity index (χ1n) is 3.87. The number of methoxy groups -OCH3 is 1. The Balaban J connectivity index is 2.63. The van der Waals surface area contributed by atoms with Crippen LogP contribution < -0.4 is 0 Å². The monoisotopic (exact) mass is 170 g/mol. The Labute approximate surface area is 72.4 Å². The van der Waals surface area contributed by atoms with Crippen LogP contribution in [0, 0.1) is 0 Å². The van der Waals surface area contributed by atoms with Crippen LogP contribution in [0.4, 0.5) is 0 Å². The lowest BCUT2D eigenvalue weighted by Gasteiger charge is -2.17. The van der Waals surface area contributed by atoms with Crippen molar-refractivity contribution in [2.24, 2.45) is 0 Å². The molecule has 0 saturated carbocycles. The van der Waals surface area contributed by atoms with Crippen LogP contribution in [0.1, 0.15) is 0 Å². The third kappa shape index (κ3) is 2.15. The summed E-state index contributed by atoms with van der Waals surface area (Å²) in [5.74, 6) is 0.618. The van der Waals surface area contributed by atoms with Crippen molar-refractivity contribution in [3.63, 3.8) is 0 Å². The standard InChI is InChI=1S/C8H14N2O2/c1-9(2)7(10-4-5-10)6-8(11)12-3/h6H,4-5H2,1-3H3/b7-6+. The molecule has 0 radical (unpaired) electrons. The molecule has 4 heteroatoms. The largest absolute Gasteiger partial charge is 0.466 e. The summed E-state index contributed by atoms with van der Waals surface area (Å²) in [6.07, 6.45) is 1.51. The van der Waals surface area contributed by atoms with Crippen LogP contribution in [-0.4, -0.2) is 50.1 Å². The molecular weight excluding hydrogens is 156 g/mol. The average Bonchev–Trinajstić information content (AvgIpc) is 2.81. The summed E-state index contributed by atoms with van der Waals surface area (Å²) in [6, 6.07) is 0. The van der Waals surface area contributed by atoms with Gasteiger partial charge in [-0.2, -0.15) is 0 Å². The van der Waals surface area contributed by atoms with Crippen LogP contribution >= 0.6 is 0 Å². The summed E-state index contributed by atoms with van der Waals surface area (Å²) < 4.78 is 4.54. The lowest BCUT2D eigenvalue weighted by Crippen LogP contribution is -2.19. The fraction of sp³-hybridized carbons (Fsp3) is 0.625. The normalized spacial score (nSPS) is 15.9. The van der Waals surface area contributed by atoms with Gasteiger partial charge in [-0.25, -0.2) is 4.79 Å². The summed E-state index contributed by atoms with van der Waals surface area (Å²) in [6.45, 7) is 2.06. The average molecular weight is 170 g/mol. The van der Waals surface area contributed by atoms with Crippen LogP contribution in [0.15, 0.2) is 11.9 Å². The molecule has 1 saturated heterocycles. The zero-order valence-corrected chi connectivity index (χ0v) is 7.70. The van der Waals surface area contributed by atoms with E-state index in [4.69, 9.17) is 0 Å². The second kappa shape index (κ2) is 3.47. The smallest absolute Gasteiger partial charge is 0.334 e. The van der Waals surface area contributed by atoms with Gasteiger partial charge in [0, 0.05) is 27.2 Å². The molecule has 1 aliphatic heterocycles. The first-order valence-corrected chi connectivity index (χ1v) is 3.87. The molecule has 1 fully saturated rings. The topological polar surface area (TPSA) is 32.5 Å². The number of rotatable bonds is 3. The summed E-state index contributed by atoms with van der Waals surface area (Å²) in [4.78, 5) is 14.9. The Bertz CT molecular complexity index is 203. The maximum absolute atomic E-state index is 10.9. The maximum atomic E-state index is 10.9. The van der Waals surface area contributed by atoms with E-state index in [1.165, 1.54) is 13.2 Å². The fourth-order valence-electron chi connectivity index (χ4n) is 0.947. The number of hydrogen-bond acceptors (Lipinski definition) is 4. The van der Waals surface area contributed by atoms with Crippen molar-refractivity contribution in [1.29, 1.82) is 0 Å². The molecular formula is C8H14N2O2. The molecule has 0 N–H and O–H groups in total. The minimum absolute atomic E-state index is 0.300. The molecule has 1 rings (SSSR count). The van der Waals surface area contributed by atoms with E-state index in [-0.39, 0.29) is 5.97 Å². The van der Waals surface area contributed by atoms with Gasteiger partial charge in [-0.05, 0) is 0 Å². The lowest BCUT2D eigenvalue weighted by atomic mass is 10.5. The van der Waals surface area contributed by atoms with E-state index in [1.54, 1.807) is 0 Å². The zero-order chi connectivity index (χ0) is 9.14. The number of ether oxygens (including phenoxy) is 1. The molecule has 0 aliphatic carbocycles. The molecule has 0 amide bonds. The van der Waals surface area contributed by atoms with Gasteiger partial charge >= 0.3 is 5.97 Å². The molecule has 12 heavy (non-hydrogen) atoms. The molecule has 1 heterocycles. The van der Waals surface area contributed by atoms with Crippen molar-refractivity contribution < 1.29 is 9.53 Å². The number of hydrogen-bond donors (Lipinski definition) is 0. The molecule has 68 valence electrons. The van der Waals surface area contributed by atoms with Crippen LogP contribution in [0.5, 0.6) is 0 Å². The molecule has 0 spiro atoms. The second-order valence-corrected chi connectivity index (χ2v) is 2.91. The predicted octanol–water partition coefficient (Wildman–Crippen LogP) is -0.122. The molecule has 0 aromatic carbocycles. The van der Waals surface area contributed by atoms with Crippen molar-refractivity contribution in [1.82, 2.24) is 9.80 Å². The summed E-state index contributed by atoms with van der Waals surface area (Å²) in [7, 11) is 5.20. The van der Waals surface area contributed by atoms with E-state index in [1.807, 2.05) is 19.0 Å². The van der Waals surface area contributed by atoms with E-state index in [0.717, 1.165) is 18.9 Å². The van der Waals surface area contributed by atoms with Gasteiger partial charge in [0.1, 0.15) is 5.82 Å². The number of nitrogens with zero attached hydrogens (tertiary/aromatic N) is 2. The number of carbonyl (C=O) groups excluding carboxylic acids is 1. The molecule has 0 aromatic heterocycles. The summed E-state index contributed by atoms with van der Waals surface area (Å²) >= 11 is 0. The van der Waals surface area contributed by atoms with Crippen LogP contribution in [0.25, 0.3) is 0 Å². The Morgan fingerprint density at radius 3 is 2.42 bits per heavy atom. The van der Waals surface area contributed by atoms with Gasteiger partial charge in [-0.15, -0.1) is 0 Å². The van der Waals surface area contributed by atoms with Crippen LogP contribution in [-0.2, 0) is 9.53 Å². The van der Waals surface area contributed by atoms with E-state index in [0.29, 0.717) is 0 Å². The van der Waals surface area contributed by atoms with E-state index in [2.05, 4.69) is 9.64 Å². The van der Waals surface area contributed by atoms with E-state index >= 15 is 0 Å². The summed E-state index contributed by atoms with van der Waals surface area (Å²) in [5, 5.41) is 0. The van der Waals surface area contributed by atoms with Gasteiger partial charge in [0.2, 0.25) is 0 Å². The molecule has 1 aliphatic rings. The van der Waals surface area contributed by atoms with Crippen molar-refractivity contribution in [3.05, 3.63) is 11.9 Å². The number of esters is 1. The van der Waals surface area contributed by atoms with Gasteiger partial charge < -0.3 is 14.5 Å². The predicted molar refractivity (Wildman–Crippen MR) is 45.4 cm³/mol.